The lowest BCUT2D eigenvalue weighted by molar-refractivity contribution is -0.136. The van der Waals surface area contributed by atoms with E-state index in [0.29, 0.717) is 48.0 Å². The molecule has 0 bridgehead atoms. The lowest BCUT2D eigenvalue weighted by Crippen LogP contribution is -2.34. The number of anilines is 2. The Balaban J connectivity index is 1.40. The van der Waals surface area contributed by atoms with Gasteiger partial charge in [0.25, 0.3) is 5.91 Å². The smallest absolute Gasteiger partial charge is 0.305 e. The first-order valence-corrected chi connectivity index (χ1v) is 14.2. The van der Waals surface area contributed by atoms with Gasteiger partial charge in [-0.25, -0.2) is 9.88 Å². The molecule has 3 heterocycles. The molecule has 1 amide bonds. The van der Waals surface area contributed by atoms with Gasteiger partial charge in [0.05, 0.1) is 31.9 Å². The normalized spacial score (nSPS) is 19.6. The largest absolute Gasteiger partial charge is 0.481 e. The zero-order valence-corrected chi connectivity index (χ0v) is 23.8. The van der Waals surface area contributed by atoms with Gasteiger partial charge in [-0.15, -0.1) is 0 Å². The number of nitrogens with zero attached hydrogens (tertiary/aromatic N) is 4. The number of pyridine rings is 1. The molecule has 1 aromatic heterocycles. The Kier molecular flexibility index (Phi) is 9.42. The number of benzene rings is 1. The fourth-order valence-corrected chi connectivity index (χ4v) is 5.37. The summed E-state index contributed by atoms with van der Waals surface area (Å²) in [5, 5.41) is 18.6. The summed E-state index contributed by atoms with van der Waals surface area (Å²) in [5.41, 5.74) is 3.33. The summed E-state index contributed by atoms with van der Waals surface area (Å²) in [5.74, 6) is 0.577. The summed E-state index contributed by atoms with van der Waals surface area (Å²) in [7, 11) is 0. The van der Waals surface area contributed by atoms with E-state index < -0.39 is 5.97 Å². The minimum absolute atomic E-state index is 0.0177. The van der Waals surface area contributed by atoms with E-state index in [-0.39, 0.29) is 25.5 Å². The average Bonchev–Trinajstić information content (AvgIpc) is 3.47. The van der Waals surface area contributed by atoms with Gasteiger partial charge in [-0.3, -0.25) is 9.59 Å². The average molecular weight is 589 g/mol. The van der Waals surface area contributed by atoms with Crippen LogP contribution in [0.2, 0.25) is 0 Å². The van der Waals surface area contributed by atoms with Crippen LogP contribution in [0, 0.1) is 0 Å². The Hall–Kier alpha value is -4.32. The van der Waals surface area contributed by atoms with E-state index in [1.165, 1.54) is 4.90 Å². The topological polar surface area (TPSA) is 116 Å². The van der Waals surface area contributed by atoms with E-state index in [0.717, 1.165) is 36.1 Å². The molecule has 1 saturated heterocycles. The van der Waals surface area contributed by atoms with Crippen LogP contribution in [0.4, 0.5) is 11.5 Å². The Morgan fingerprint density at radius 1 is 1.07 bits per heavy atom. The van der Waals surface area contributed by atoms with Crippen LogP contribution in [0.25, 0.3) is 0 Å². The molecule has 1 aromatic carbocycles. The number of para-hydroxylation sites is 2. The molecular formula is C31H32N4O6S. The van der Waals surface area contributed by atoms with Crippen molar-refractivity contribution in [3.63, 3.8) is 0 Å². The third-order valence-corrected chi connectivity index (χ3v) is 7.36. The maximum atomic E-state index is 13.6. The van der Waals surface area contributed by atoms with E-state index in [2.05, 4.69) is 11.1 Å². The molecular weight excluding hydrogens is 556 g/mol. The lowest BCUT2D eigenvalue weighted by Gasteiger charge is -2.20. The van der Waals surface area contributed by atoms with Crippen molar-refractivity contribution < 1.29 is 29.3 Å². The number of allylic oxidation sites excluding steroid dienone is 6. The second-order valence-corrected chi connectivity index (χ2v) is 10.2. The number of aliphatic carboxylic acids is 1. The molecule has 2 aliphatic heterocycles. The Labute approximate surface area is 249 Å². The number of aliphatic hydroxyl groups is 1. The van der Waals surface area contributed by atoms with Crippen molar-refractivity contribution in [2.75, 3.05) is 42.7 Å². The SMILES string of the molecule is O=C(O)CCN1/C(=C\C=C2C=C(/C=C3/C(=O)N(c4ccccn4)C(=S)N3CCOCCO)CCC\2)Oc2ccccc21. The predicted molar refractivity (Wildman–Crippen MR) is 162 cm³/mol. The zero-order valence-electron chi connectivity index (χ0n) is 23.0. The summed E-state index contributed by atoms with van der Waals surface area (Å²) in [6.45, 7) is 1.06. The highest BCUT2D eigenvalue weighted by Gasteiger charge is 2.39. The van der Waals surface area contributed by atoms with E-state index in [1.54, 1.807) is 29.3 Å². The van der Waals surface area contributed by atoms with Gasteiger partial charge in [-0.05, 0) is 79.0 Å². The number of ether oxygens (including phenoxy) is 2. The maximum absolute atomic E-state index is 13.6. The van der Waals surface area contributed by atoms with E-state index in [4.69, 9.17) is 26.8 Å². The molecule has 1 fully saturated rings. The van der Waals surface area contributed by atoms with Crippen LogP contribution in [0.1, 0.15) is 25.7 Å². The molecule has 2 N–H and O–H groups in total. The molecule has 0 radical (unpaired) electrons. The number of fused-ring (bicyclic) bond motifs is 1. The minimum atomic E-state index is -0.874. The first-order chi connectivity index (χ1) is 20.5. The molecule has 11 heteroatoms. The summed E-state index contributed by atoms with van der Waals surface area (Å²) < 4.78 is 11.5. The number of carboxylic acids is 1. The third-order valence-electron chi connectivity index (χ3n) is 6.96. The number of carboxylic acid groups (broad SMARTS) is 1. The number of rotatable bonds is 11. The number of hydrogen-bond acceptors (Lipinski definition) is 8. The Morgan fingerprint density at radius 3 is 2.69 bits per heavy atom. The van der Waals surface area contributed by atoms with Crippen LogP contribution in [0.3, 0.4) is 0 Å². The molecule has 0 unspecified atom stereocenters. The standard InChI is InChI=1S/C31H32N4O6S/c36-17-19-40-18-16-34-25(30(39)35(31(34)42)27-10-3-4-14-32-27)21-23-7-5-6-22(20-23)11-12-28-33(15-13-29(37)38)24-8-1-2-9-26(24)41-28/h1-4,8-12,14,20-21,36H,5-7,13,15-19H2,(H,37,38)/b22-11+,25-21-,28-12+. The van der Waals surface area contributed by atoms with Crippen molar-refractivity contribution in [2.45, 2.75) is 25.7 Å². The summed E-state index contributed by atoms with van der Waals surface area (Å²) in [6, 6.07) is 12.9. The van der Waals surface area contributed by atoms with Crippen LogP contribution in [-0.2, 0) is 14.3 Å². The first-order valence-electron chi connectivity index (χ1n) is 13.8. The molecule has 0 atom stereocenters. The first kappa shape index (κ1) is 29.2. The highest BCUT2D eigenvalue weighted by Crippen LogP contribution is 2.39. The van der Waals surface area contributed by atoms with Gasteiger partial charge in [-0.1, -0.05) is 30.4 Å². The Morgan fingerprint density at radius 2 is 1.90 bits per heavy atom. The molecule has 0 saturated carbocycles. The van der Waals surface area contributed by atoms with Crippen molar-refractivity contribution >= 4 is 40.7 Å². The van der Waals surface area contributed by atoms with Crippen LogP contribution in [0.5, 0.6) is 5.75 Å². The molecule has 0 spiro atoms. The van der Waals surface area contributed by atoms with Crippen molar-refractivity contribution in [1.29, 1.82) is 0 Å². The van der Waals surface area contributed by atoms with E-state index in [1.807, 2.05) is 47.4 Å². The Bertz CT molecular complexity index is 1470. The van der Waals surface area contributed by atoms with Gasteiger partial charge in [0.15, 0.2) is 10.9 Å². The number of aliphatic hydroxyl groups excluding tert-OH is 1. The molecule has 42 heavy (non-hydrogen) atoms. The quantitative estimate of drug-likeness (QED) is 0.225. The highest BCUT2D eigenvalue weighted by atomic mass is 32.1. The van der Waals surface area contributed by atoms with Crippen molar-refractivity contribution in [1.82, 2.24) is 9.88 Å². The number of carbonyl (C=O) groups excluding carboxylic acids is 1. The van der Waals surface area contributed by atoms with E-state index >= 15 is 0 Å². The minimum Gasteiger partial charge on any atom is -0.481 e. The second-order valence-electron chi connectivity index (χ2n) is 9.81. The lowest BCUT2D eigenvalue weighted by atomic mass is 9.94. The number of carbonyl (C=O) groups is 2. The van der Waals surface area contributed by atoms with Gasteiger partial charge < -0.3 is 29.5 Å². The van der Waals surface area contributed by atoms with Gasteiger partial charge in [0.1, 0.15) is 11.5 Å². The number of hydrogen-bond donors (Lipinski definition) is 2. The molecule has 10 nitrogen and oxygen atoms in total. The van der Waals surface area contributed by atoms with Crippen LogP contribution in [0.15, 0.2) is 95.7 Å². The van der Waals surface area contributed by atoms with Gasteiger partial charge in [0, 0.05) is 19.3 Å². The van der Waals surface area contributed by atoms with E-state index in [9.17, 15) is 14.7 Å². The van der Waals surface area contributed by atoms with Crippen LogP contribution < -0.4 is 14.5 Å². The molecule has 5 rings (SSSR count). The van der Waals surface area contributed by atoms with Crippen LogP contribution >= 0.6 is 12.2 Å². The number of thiocarbonyl (C=S) groups is 1. The monoisotopic (exact) mass is 588 g/mol. The maximum Gasteiger partial charge on any atom is 0.305 e. The van der Waals surface area contributed by atoms with Crippen molar-refractivity contribution in [3.8, 4) is 5.75 Å². The molecule has 3 aliphatic rings. The van der Waals surface area contributed by atoms with Crippen molar-refractivity contribution in [2.24, 2.45) is 0 Å². The summed E-state index contributed by atoms with van der Waals surface area (Å²) in [4.78, 5) is 34.2. The van der Waals surface area contributed by atoms with Crippen LogP contribution in [-0.4, -0.2) is 70.0 Å². The van der Waals surface area contributed by atoms with Crippen molar-refractivity contribution in [3.05, 3.63) is 95.7 Å². The fraction of sp³-hybridized carbons (Fsp3) is 0.290. The zero-order chi connectivity index (χ0) is 29.5. The number of amides is 1. The highest BCUT2D eigenvalue weighted by molar-refractivity contribution is 7.80. The molecule has 2 aromatic rings. The molecule has 218 valence electrons. The second kappa shape index (κ2) is 13.6. The molecule has 1 aliphatic carbocycles. The fourth-order valence-electron chi connectivity index (χ4n) is 5.00. The summed E-state index contributed by atoms with van der Waals surface area (Å²) in [6.07, 6.45) is 11.9. The number of aromatic nitrogens is 1. The van der Waals surface area contributed by atoms with Gasteiger partial charge in [0.2, 0.25) is 5.88 Å². The van der Waals surface area contributed by atoms with Gasteiger partial charge >= 0.3 is 5.97 Å². The third kappa shape index (κ3) is 6.59. The predicted octanol–water partition coefficient (Wildman–Crippen LogP) is 4.16. The van der Waals surface area contributed by atoms with Gasteiger partial charge in [-0.2, -0.15) is 0 Å². The summed E-state index contributed by atoms with van der Waals surface area (Å²) >= 11 is 5.70.